The monoisotopic (exact) mass is 347 g/mol. The highest BCUT2D eigenvalue weighted by Crippen LogP contribution is 2.17. The van der Waals surface area contributed by atoms with Crippen LogP contribution in [-0.2, 0) is 14.8 Å². The van der Waals surface area contributed by atoms with Gasteiger partial charge in [-0.2, -0.15) is 5.26 Å². The predicted molar refractivity (Wildman–Crippen MR) is 92.4 cm³/mol. The molecule has 6 nitrogen and oxygen atoms in total. The van der Waals surface area contributed by atoms with Crippen molar-refractivity contribution in [2.24, 2.45) is 0 Å². The van der Waals surface area contributed by atoms with E-state index in [0.29, 0.717) is 12.1 Å². The SMILES string of the molecule is CS(=O)(=O)NCC1CCCCN1C(=O)C=Cc1cccc(C#N)c1. The van der Waals surface area contributed by atoms with E-state index in [1.165, 1.54) is 6.08 Å². The summed E-state index contributed by atoms with van der Waals surface area (Å²) in [5.41, 5.74) is 1.32. The molecule has 24 heavy (non-hydrogen) atoms. The van der Waals surface area contributed by atoms with Crippen LogP contribution in [0.3, 0.4) is 0 Å². The third-order valence-electron chi connectivity index (χ3n) is 3.93. The van der Waals surface area contributed by atoms with Crippen LogP contribution in [0, 0.1) is 11.3 Å². The minimum atomic E-state index is -3.27. The van der Waals surface area contributed by atoms with Crippen molar-refractivity contribution in [2.45, 2.75) is 25.3 Å². The first kappa shape index (κ1) is 18.2. The first-order valence-corrected chi connectivity index (χ1v) is 9.71. The summed E-state index contributed by atoms with van der Waals surface area (Å²) in [6, 6.07) is 8.94. The second-order valence-corrected chi connectivity index (χ2v) is 7.71. The minimum absolute atomic E-state index is 0.129. The van der Waals surface area contributed by atoms with Gasteiger partial charge in [0.2, 0.25) is 15.9 Å². The second-order valence-electron chi connectivity index (χ2n) is 5.87. The molecule has 1 aliphatic heterocycles. The zero-order valence-corrected chi connectivity index (χ0v) is 14.4. The molecule has 1 aliphatic rings. The van der Waals surface area contributed by atoms with Gasteiger partial charge < -0.3 is 4.90 Å². The standard InChI is InChI=1S/C17H21N3O3S/c1-24(22,23)19-13-16-7-2-3-10-20(16)17(21)9-8-14-5-4-6-15(11-14)12-18/h4-6,8-9,11,16,19H,2-3,7,10,13H2,1H3. The number of carbonyl (C=O) groups excluding carboxylic acids is 1. The number of hydrogen-bond donors (Lipinski definition) is 1. The van der Waals surface area contributed by atoms with Gasteiger partial charge in [-0.05, 0) is 43.0 Å². The highest BCUT2D eigenvalue weighted by molar-refractivity contribution is 7.88. The van der Waals surface area contributed by atoms with Crippen LogP contribution in [-0.4, -0.2) is 44.6 Å². The molecule has 1 heterocycles. The maximum atomic E-state index is 12.5. The van der Waals surface area contributed by atoms with Crippen molar-refractivity contribution in [3.8, 4) is 6.07 Å². The number of hydrogen-bond acceptors (Lipinski definition) is 4. The number of carbonyl (C=O) groups is 1. The van der Waals surface area contributed by atoms with Crippen LogP contribution in [0.25, 0.3) is 6.08 Å². The summed E-state index contributed by atoms with van der Waals surface area (Å²) >= 11 is 0. The molecule has 1 saturated heterocycles. The van der Waals surface area contributed by atoms with Crippen molar-refractivity contribution in [3.63, 3.8) is 0 Å². The van der Waals surface area contributed by atoms with Gasteiger partial charge in [-0.25, -0.2) is 13.1 Å². The predicted octanol–water partition coefficient (Wildman–Crippen LogP) is 1.50. The second kappa shape index (κ2) is 8.08. The summed E-state index contributed by atoms with van der Waals surface area (Å²) in [5.74, 6) is -0.141. The van der Waals surface area contributed by atoms with Crippen molar-refractivity contribution >= 4 is 22.0 Å². The van der Waals surface area contributed by atoms with Crippen LogP contribution < -0.4 is 4.72 Å². The van der Waals surface area contributed by atoms with Gasteiger partial charge in [-0.15, -0.1) is 0 Å². The van der Waals surface area contributed by atoms with Crippen LogP contribution in [0.1, 0.15) is 30.4 Å². The van der Waals surface area contributed by atoms with Crippen LogP contribution in [0.2, 0.25) is 0 Å². The third-order valence-corrected chi connectivity index (χ3v) is 4.62. The molecule has 1 fully saturated rings. The van der Waals surface area contributed by atoms with Crippen LogP contribution in [0.4, 0.5) is 0 Å². The molecule has 0 radical (unpaired) electrons. The highest BCUT2D eigenvalue weighted by Gasteiger charge is 2.25. The fraction of sp³-hybridized carbons (Fsp3) is 0.412. The summed E-state index contributed by atoms with van der Waals surface area (Å²) in [7, 11) is -3.27. The maximum absolute atomic E-state index is 12.5. The smallest absolute Gasteiger partial charge is 0.246 e. The van der Waals surface area contributed by atoms with Crippen LogP contribution >= 0.6 is 0 Å². The maximum Gasteiger partial charge on any atom is 0.246 e. The van der Waals surface area contributed by atoms with E-state index >= 15 is 0 Å². The Bertz CT molecular complexity index is 766. The molecule has 0 saturated carbocycles. The molecule has 0 bridgehead atoms. The number of nitriles is 1. The van der Waals surface area contributed by atoms with Crippen molar-refractivity contribution in [1.82, 2.24) is 9.62 Å². The molecule has 0 spiro atoms. The summed E-state index contributed by atoms with van der Waals surface area (Å²) < 4.78 is 25.0. The van der Waals surface area contributed by atoms with E-state index < -0.39 is 10.0 Å². The molecule has 1 atom stereocenters. The molecule has 0 aromatic heterocycles. The van der Waals surface area contributed by atoms with E-state index in [1.54, 1.807) is 29.2 Å². The van der Waals surface area contributed by atoms with E-state index in [1.807, 2.05) is 6.07 Å². The van der Waals surface area contributed by atoms with Crippen LogP contribution in [0.5, 0.6) is 0 Å². The zero-order chi connectivity index (χ0) is 17.6. The van der Waals surface area contributed by atoms with Crippen molar-refractivity contribution < 1.29 is 13.2 Å². The number of sulfonamides is 1. The quantitative estimate of drug-likeness (QED) is 0.817. The number of piperidine rings is 1. The summed E-state index contributed by atoms with van der Waals surface area (Å²) in [6.45, 7) is 0.861. The Morgan fingerprint density at radius 1 is 1.46 bits per heavy atom. The summed E-state index contributed by atoms with van der Waals surface area (Å²) in [6.07, 6.45) is 6.96. The first-order valence-electron chi connectivity index (χ1n) is 7.82. The Balaban J connectivity index is 2.05. The van der Waals surface area contributed by atoms with E-state index in [9.17, 15) is 13.2 Å². The molecule has 1 amide bonds. The average Bonchev–Trinajstić information content (AvgIpc) is 2.57. The lowest BCUT2D eigenvalue weighted by atomic mass is 10.0. The largest absolute Gasteiger partial charge is 0.335 e. The zero-order valence-electron chi connectivity index (χ0n) is 13.6. The molecule has 1 aromatic carbocycles. The Morgan fingerprint density at radius 3 is 2.96 bits per heavy atom. The Morgan fingerprint density at radius 2 is 2.25 bits per heavy atom. The van der Waals surface area contributed by atoms with Crippen molar-refractivity contribution in [3.05, 3.63) is 41.5 Å². The number of nitrogens with one attached hydrogen (secondary N) is 1. The lowest BCUT2D eigenvalue weighted by molar-refractivity contribution is -0.129. The summed E-state index contributed by atoms with van der Waals surface area (Å²) in [5, 5.41) is 8.90. The molecule has 2 rings (SSSR count). The van der Waals surface area contributed by atoms with Gasteiger partial charge in [0.15, 0.2) is 0 Å². The Kier molecular flexibility index (Phi) is 6.12. The van der Waals surface area contributed by atoms with Gasteiger partial charge in [-0.3, -0.25) is 4.79 Å². The molecular weight excluding hydrogens is 326 g/mol. The number of rotatable bonds is 5. The molecule has 128 valence electrons. The fourth-order valence-corrected chi connectivity index (χ4v) is 3.22. The molecule has 1 aromatic rings. The van der Waals surface area contributed by atoms with Gasteiger partial charge in [0.05, 0.1) is 17.9 Å². The average molecular weight is 347 g/mol. The normalized spacial score (nSPS) is 18.5. The van der Waals surface area contributed by atoms with Crippen molar-refractivity contribution in [1.29, 1.82) is 5.26 Å². The van der Waals surface area contributed by atoms with Gasteiger partial charge in [0.1, 0.15) is 0 Å². The minimum Gasteiger partial charge on any atom is -0.335 e. The van der Waals surface area contributed by atoms with Gasteiger partial charge in [0, 0.05) is 25.2 Å². The number of likely N-dealkylation sites (tertiary alicyclic amines) is 1. The van der Waals surface area contributed by atoms with Gasteiger partial charge in [0.25, 0.3) is 0 Å². The lowest BCUT2D eigenvalue weighted by Gasteiger charge is -2.35. The van der Waals surface area contributed by atoms with E-state index in [2.05, 4.69) is 10.8 Å². The molecule has 0 aliphatic carbocycles. The third kappa shape index (κ3) is 5.48. The summed E-state index contributed by atoms with van der Waals surface area (Å²) in [4.78, 5) is 14.2. The molecular formula is C17H21N3O3S. The molecule has 1 N–H and O–H groups in total. The first-order chi connectivity index (χ1) is 11.4. The number of benzene rings is 1. The van der Waals surface area contributed by atoms with Crippen LogP contribution in [0.15, 0.2) is 30.3 Å². The molecule has 1 unspecified atom stereocenters. The van der Waals surface area contributed by atoms with Crippen molar-refractivity contribution in [2.75, 3.05) is 19.3 Å². The van der Waals surface area contributed by atoms with Gasteiger partial charge in [-0.1, -0.05) is 12.1 Å². The highest BCUT2D eigenvalue weighted by atomic mass is 32.2. The van der Waals surface area contributed by atoms with E-state index in [-0.39, 0.29) is 18.5 Å². The van der Waals surface area contributed by atoms with E-state index in [0.717, 1.165) is 31.1 Å². The number of amides is 1. The Labute approximate surface area is 142 Å². The molecule has 7 heteroatoms. The topological polar surface area (TPSA) is 90.3 Å². The van der Waals surface area contributed by atoms with Gasteiger partial charge >= 0.3 is 0 Å². The Hall–Kier alpha value is -2.17. The number of nitrogens with zero attached hydrogens (tertiary/aromatic N) is 2. The van der Waals surface area contributed by atoms with E-state index in [4.69, 9.17) is 5.26 Å². The fourth-order valence-electron chi connectivity index (χ4n) is 2.73. The lowest BCUT2D eigenvalue weighted by Crippen LogP contribution is -2.48.